The van der Waals surface area contributed by atoms with Gasteiger partial charge in [0.25, 0.3) is 0 Å². The summed E-state index contributed by atoms with van der Waals surface area (Å²) in [5.41, 5.74) is 5.47. The number of rotatable bonds is 4. The summed E-state index contributed by atoms with van der Waals surface area (Å²) in [6, 6.07) is 5.80. The van der Waals surface area contributed by atoms with E-state index in [9.17, 15) is 4.79 Å². The van der Waals surface area contributed by atoms with E-state index < -0.39 is 0 Å². The third-order valence-electron chi connectivity index (χ3n) is 6.24. The Morgan fingerprint density at radius 1 is 1.00 bits per heavy atom. The van der Waals surface area contributed by atoms with Gasteiger partial charge in [-0.2, -0.15) is 5.10 Å². The van der Waals surface area contributed by atoms with Crippen LogP contribution >= 0.6 is 0 Å². The van der Waals surface area contributed by atoms with Gasteiger partial charge in [0.1, 0.15) is 5.69 Å². The van der Waals surface area contributed by atoms with Gasteiger partial charge in [-0.1, -0.05) is 19.3 Å². The summed E-state index contributed by atoms with van der Waals surface area (Å²) < 4.78 is 0. The van der Waals surface area contributed by atoms with Crippen LogP contribution in [0.3, 0.4) is 0 Å². The first kappa shape index (κ1) is 19.5. The maximum atomic E-state index is 12.7. The van der Waals surface area contributed by atoms with E-state index in [2.05, 4.69) is 40.4 Å². The van der Waals surface area contributed by atoms with Crippen molar-refractivity contribution >= 4 is 33.7 Å². The number of amides is 1. The van der Waals surface area contributed by atoms with E-state index >= 15 is 0 Å². The summed E-state index contributed by atoms with van der Waals surface area (Å²) in [7, 11) is 0. The molecule has 5 aromatic rings. The Kier molecular flexibility index (Phi) is 4.79. The first-order valence-corrected chi connectivity index (χ1v) is 11.1. The van der Waals surface area contributed by atoms with Gasteiger partial charge >= 0.3 is 0 Å². The molecule has 1 saturated carbocycles. The Hall–Kier alpha value is -4.14. The molecule has 1 amide bonds. The third-order valence-corrected chi connectivity index (χ3v) is 6.24. The van der Waals surface area contributed by atoms with Gasteiger partial charge < -0.3 is 10.3 Å². The monoisotopic (exact) mass is 438 g/mol. The molecule has 0 aromatic carbocycles. The number of aromatic nitrogens is 7. The lowest BCUT2D eigenvalue weighted by atomic mass is 9.88. The Bertz CT molecular complexity index is 1430. The van der Waals surface area contributed by atoms with Crippen LogP contribution in [0.5, 0.6) is 0 Å². The van der Waals surface area contributed by atoms with E-state index in [-0.39, 0.29) is 11.8 Å². The van der Waals surface area contributed by atoms with Crippen LogP contribution in [0.1, 0.15) is 32.1 Å². The number of carbonyl (C=O) groups is 1. The highest BCUT2D eigenvalue weighted by atomic mass is 16.1. The molecule has 0 radical (unpaired) electrons. The van der Waals surface area contributed by atoms with Gasteiger partial charge in [-0.15, -0.1) is 0 Å². The van der Waals surface area contributed by atoms with E-state index in [0.717, 1.165) is 53.2 Å². The number of imidazole rings is 1. The minimum Gasteiger partial charge on any atom is -0.335 e. The molecule has 0 atom stereocenters. The van der Waals surface area contributed by atoms with Crippen molar-refractivity contribution in [2.75, 3.05) is 5.32 Å². The maximum Gasteiger partial charge on any atom is 0.227 e. The molecule has 33 heavy (non-hydrogen) atoms. The summed E-state index contributed by atoms with van der Waals surface area (Å²) in [6.45, 7) is 0. The van der Waals surface area contributed by atoms with Crippen LogP contribution in [-0.4, -0.2) is 41.0 Å². The molecule has 1 aliphatic carbocycles. The predicted octanol–water partition coefficient (Wildman–Crippen LogP) is 4.48. The molecule has 0 aliphatic heterocycles. The standard InChI is InChI=1S/C24H22N8O/c33-24(14-4-2-1-3-5-14)28-17-8-15(10-26-12-17)16-9-18-21(31-32-22(18)27-11-16)23-29-19-6-7-25-13-20(19)30-23/h6-14H,1-5H2,(H,28,33)(H,29,30)(H,27,31,32). The van der Waals surface area contributed by atoms with Crippen molar-refractivity contribution in [1.82, 2.24) is 35.1 Å². The van der Waals surface area contributed by atoms with Crippen molar-refractivity contribution in [3.8, 4) is 22.6 Å². The van der Waals surface area contributed by atoms with Crippen LogP contribution in [-0.2, 0) is 4.79 Å². The first-order valence-electron chi connectivity index (χ1n) is 11.1. The Balaban J connectivity index is 1.32. The van der Waals surface area contributed by atoms with Crippen molar-refractivity contribution in [2.24, 2.45) is 5.92 Å². The molecule has 3 N–H and O–H groups in total. The fourth-order valence-electron chi connectivity index (χ4n) is 4.49. The van der Waals surface area contributed by atoms with Crippen molar-refractivity contribution in [1.29, 1.82) is 0 Å². The van der Waals surface area contributed by atoms with Crippen LogP contribution in [0.15, 0.2) is 49.2 Å². The predicted molar refractivity (Wildman–Crippen MR) is 125 cm³/mol. The minimum absolute atomic E-state index is 0.0822. The maximum absolute atomic E-state index is 12.7. The number of hydrogen-bond donors (Lipinski definition) is 3. The summed E-state index contributed by atoms with van der Waals surface area (Å²) in [4.78, 5) is 33.6. The van der Waals surface area contributed by atoms with Gasteiger partial charge in [-0.25, -0.2) is 9.97 Å². The molecule has 0 unspecified atom stereocenters. The normalized spacial score (nSPS) is 14.7. The van der Waals surface area contributed by atoms with E-state index in [1.54, 1.807) is 31.0 Å². The average Bonchev–Trinajstić information content (AvgIpc) is 3.48. The molecule has 0 spiro atoms. The summed E-state index contributed by atoms with van der Waals surface area (Å²) >= 11 is 0. The number of carbonyl (C=O) groups excluding carboxylic acids is 1. The largest absolute Gasteiger partial charge is 0.335 e. The molecule has 1 aliphatic rings. The van der Waals surface area contributed by atoms with Gasteiger partial charge in [0.2, 0.25) is 5.91 Å². The zero-order chi connectivity index (χ0) is 22.2. The Morgan fingerprint density at radius 2 is 1.88 bits per heavy atom. The van der Waals surface area contributed by atoms with Gasteiger partial charge in [-0.05, 0) is 31.0 Å². The van der Waals surface area contributed by atoms with Crippen molar-refractivity contribution in [3.63, 3.8) is 0 Å². The lowest BCUT2D eigenvalue weighted by molar-refractivity contribution is -0.120. The second kappa shape index (κ2) is 8.09. The molecule has 0 saturated heterocycles. The number of anilines is 1. The number of aromatic amines is 2. The van der Waals surface area contributed by atoms with Gasteiger partial charge in [0.05, 0.1) is 34.5 Å². The van der Waals surface area contributed by atoms with Crippen molar-refractivity contribution in [2.45, 2.75) is 32.1 Å². The number of H-pyrrole nitrogens is 2. The quantitative estimate of drug-likeness (QED) is 0.380. The fourth-order valence-corrected chi connectivity index (χ4v) is 4.49. The van der Waals surface area contributed by atoms with E-state index in [0.29, 0.717) is 22.9 Å². The van der Waals surface area contributed by atoms with E-state index in [1.807, 2.05) is 18.2 Å². The van der Waals surface area contributed by atoms with Crippen LogP contribution in [0, 0.1) is 5.92 Å². The smallest absolute Gasteiger partial charge is 0.227 e. The van der Waals surface area contributed by atoms with Gasteiger partial charge in [-0.3, -0.25) is 19.9 Å². The summed E-state index contributed by atoms with van der Waals surface area (Å²) in [5, 5.41) is 11.3. The number of fused-ring (bicyclic) bond motifs is 2. The van der Waals surface area contributed by atoms with E-state index in [1.165, 1.54) is 6.42 Å². The number of nitrogens with zero attached hydrogens (tertiary/aromatic N) is 5. The van der Waals surface area contributed by atoms with Crippen molar-refractivity contribution < 1.29 is 4.79 Å². The zero-order valence-electron chi connectivity index (χ0n) is 17.9. The Labute approximate surface area is 189 Å². The third kappa shape index (κ3) is 3.71. The Morgan fingerprint density at radius 3 is 2.76 bits per heavy atom. The first-order chi connectivity index (χ1) is 16.2. The summed E-state index contributed by atoms with van der Waals surface area (Å²) in [6.07, 6.45) is 14.1. The molecule has 9 nitrogen and oxygen atoms in total. The minimum atomic E-state index is 0.0822. The van der Waals surface area contributed by atoms with Crippen LogP contribution in [0.25, 0.3) is 44.7 Å². The van der Waals surface area contributed by atoms with E-state index in [4.69, 9.17) is 0 Å². The second-order valence-corrected chi connectivity index (χ2v) is 8.46. The molecule has 9 heteroatoms. The highest BCUT2D eigenvalue weighted by Gasteiger charge is 2.21. The molecule has 164 valence electrons. The zero-order valence-corrected chi connectivity index (χ0v) is 17.9. The van der Waals surface area contributed by atoms with Crippen molar-refractivity contribution in [3.05, 3.63) is 49.2 Å². The molecule has 5 aromatic heterocycles. The lowest BCUT2D eigenvalue weighted by Crippen LogP contribution is -2.24. The van der Waals surface area contributed by atoms with Crippen LogP contribution < -0.4 is 5.32 Å². The van der Waals surface area contributed by atoms with Gasteiger partial charge in [0, 0.05) is 35.6 Å². The lowest BCUT2D eigenvalue weighted by Gasteiger charge is -2.20. The number of pyridine rings is 3. The topological polar surface area (TPSA) is 125 Å². The molecule has 1 fully saturated rings. The SMILES string of the molecule is O=C(Nc1cncc(-c2cnc3[nH]nc(-c4nc5ccncc5[nH]4)c3c2)c1)C1CCCCC1. The number of hydrogen-bond acceptors (Lipinski definition) is 6. The molecule has 0 bridgehead atoms. The van der Waals surface area contributed by atoms with Crippen LogP contribution in [0.2, 0.25) is 0 Å². The number of nitrogens with one attached hydrogen (secondary N) is 3. The highest BCUT2D eigenvalue weighted by Crippen LogP contribution is 2.30. The fraction of sp³-hybridized carbons (Fsp3) is 0.250. The molecule has 5 heterocycles. The molecule has 6 rings (SSSR count). The summed E-state index contributed by atoms with van der Waals surface area (Å²) in [5.74, 6) is 0.821. The van der Waals surface area contributed by atoms with Crippen LogP contribution in [0.4, 0.5) is 5.69 Å². The van der Waals surface area contributed by atoms with Gasteiger partial charge in [0.15, 0.2) is 11.5 Å². The average molecular weight is 438 g/mol. The molecular formula is C24H22N8O. The highest BCUT2D eigenvalue weighted by molar-refractivity contribution is 5.95. The second-order valence-electron chi connectivity index (χ2n) is 8.46. The molecular weight excluding hydrogens is 416 g/mol.